The zero-order valence-electron chi connectivity index (χ0n) is 34.8. The third kappa shape index (κ3) is 8.15. The first-order valence-electron chi connectivity index (χ1n) is 21.7. The van der Waals surface area contributed by atoms with Gasteiger partial charge in [0.25, 0.3) is 12.3 Å². The number of rotatable bonds is 10. The number of likely N-dealkylation sites (tertiary alicyclic amines) is 1. The number of amides is 3. The average Bonchev–Trinajstić information content (AvgIpc) is 4.13. The van der Waals surface area contributed by atoms with Crippen molar-refractivity contribution in [3.8, 4) is 11.8 Å². The van der Waals surface area contributed by atoms with Crippen LogP contribution in [0.1, 0.15) is 97.1 Å². The van der Waals surface area contributed by atoms with Crippen molar-refractivity contribution < 1.29 is 37.0 Å². The van der Waals surface area contributed by atoms with Gasteiger partial charge in [0.15, 0.2) is 11.3 Å². The highest BCUT2D eigenvalue weighted by atomic mass is 19.3. The molecule has 3 amide bonds. The lowest BCUT2D eigenvalue weighted by molar-refractivity contribution is -0.134. The Labute approximate surface area is 360 Å². The molecule has 2 N–H and O–H groups in total. The molecule has 4 saturated heterocycles. The highest BCUT2D eigenvalue weighted by Gasteiger charge is 2.40. The Bertz CT molecular complexity index is 2630. The lowest BCUT2D eigenvalue weighted by atomic mass is 9.85. The van der Waals surface area contributed by atoms with E-state index in [9.17, 15) is 23.2 Å². The number of aryl methyl sites for hydroxylation is 1. The van der Waals surface area contributed by atoms with Gasteiger partial charge in [0.05, 0.1) is 65.5 Å². The van der Waals surface area contributed by atoms with E-state index in [1.807, 2.05) is 24.3 Å². The molecule has 1 aromatic carbocycles. The van der Waals surface area contributed by atoms with E-state index in [0.29, 0.717) is 67.5 Å². The maximum absolute atomic E-state index is 15.5. The fraction of sp³-hybridized carbons (Fsp3) is 0.523. The number of morpholine rings is 1. The van der Waals surface area contributed by atoms with Crippen molar-refractivity contribution in [2.75, 3.05) is 49.6 Å². The number of para-hydroxylation sites is 1. The molecule has 5 aromatic rings. The lowest BCUT2D eigenvalue weighted by Gasteiger charge is -2.38. The van der Waals surface area contributed by atoms with Gasteiger partial charge in [-0.1, -0.05) is 24.0 Å². The number of anilines is 2. The first-order valence-corrected chi connectivity index (χ1v) is 21.7. The molecule has 10 rings (SSSR count). The third-order valence-corrected chi connectivity index (χ3v) is 13.3. The predicted octanol–water partition coefficient (Wildman–Crippen LogP) is 4.71. The number of aromatic nitrogens is 7. The summed E-state index contributed by atoms with van der Waals surface area (Å²) in [7, 11) is 1.79. The SMILES string of the molecule is Cn1nc(C2CCC(=O)NC2=O)c2cccc(C#CCO[C@H]3CCN(CC4CCC(n5cc(NC(=O)c6cnn7ccc(N8C[C@H]9C[C@@H]8CO9)nc67)c(C(F)F)n5)CC4)C[C@H]3F)c21. The minimum Gasteiger partial charge on any atom is -0.374 e. The van der Waals surface area contributed by atoms with Crippen LogP contribution in [0, 0.1) is 17.8 Å². The Hall–Kier alpha value is -5.84. The van der Waals surface area contributed by atoms with E-state index in [1.54, 1.807) is 22.6 Å². The van der Waals surface area contributed by atoms with Gasteiger partial charge in [-0.2, -0.15) is 15.3 Å². The van der Waals surface area contributed by atoms with Crippen LogP contribution < -0.4 is 15.5 Å². The fourth-order valence-electron chi connectivity index (χ4n) is 10.1. The zero-order chi connectivity index (χ0) is 43.4. The van der Waals surface area contributed by atoms with Crippen molar-refractivity contribution >= 4 is 45.8 Å². The first-order chi connectivity index (χ1) is 30.6. The molecule has 63 heavy (non-hydrogen) atoms. The number of carbonyl (C=O) groups excluding carboxylic acids is 3. The molecule has 4 aliphatic heterocycles. The summed E-state index contributed by atoms with van der Waals surface area (Å²) in [6.45, 7) is 3.10. The van der Waals surface area contributed by atoms with Crippen LogP contribution in [0.15, 0.2) is 42.9 Å². The van der Waals surface area contributed by atoms with Crippen molar-refractivity contribution in [1.29, 1.82) is 0 Å². The zero-order valence-corrected chi connectivity index (χ0v) is 34.8. The van der Waals surface area contributed by atoms with E-state index in [4.69, 9.17) is 14.5 Å². The Morgan fingerprint density at radius 1 is 1.08 bits per heavy atom. The van der Waals surface area contributed by atoms with Crippen LogP contribution in [-0.4, -0.2) is 121 Å². The topological polar surface area (TPSA) is 166 Å². The molecule has 1 aliphatic carbocycles. The summed E-state index contributed by atoms with van der Waals surface area (Å²) >= 11 is 0. The molecule has 2 bridgehead atoms. The molecule has 4 aromatic heterocycles. The number of alkyl halides is 3. The molecule has 8 heterocycles. The van der Waals surface area contributed by atoms with Gasteiger partial charge in [-0.3, -0.25) is 34.0 Å². The van der Waals surface area contributed by atoms with Crippen molar-refractivity contribution in [3.05, 3.63) is 65.4 Å². The number of hydrogen-bond donors (Lipinski definition) is 2. The van der Waals surface area contributed by atoms with Crippen molar-refractivity contribution in [1.82, 2.24) is 44.4 Å². The van der Waals surface area contributed by atoms with E-state index in [-0.39, 0.29) is 60.8 Å². The number of ether oxygens (including phenoxy) is 2. The normalized spacial score (nSPS) is 26.4. The van der Waals surface area contributed by atoms with E-state index >= 15 is 4.39 Å². The third-order valence-electron chi connectivity index (χ3n) is 13.3. The smallest absolute Gasteiger partial charge is 0.284 e. The Kier molecular flexibility index (Phi) is 11.1. The average molecular weight is 868 g/mol. The molecule has 330 valence electrons. The van der Waals surface area contributed by atoms with Crippen LogP contribution >= 0.6 is 0 Å². The number of fused-ring (bicyclic) bond motifs is 4. The second-order valence-electron chi connectivity index (χ2n) is 17.4. The highest BCUT2D eigenvalue weighted by molar-refractivity contribution is 6.08. The summed E-state index contributed by atoms with van der Waals surface area (Å²) in [6, 6.07) is 7.59. The quantitative estimate of drug-likeness (QED) is 0.148. The van der Waals surface area contributed by atoms with Crippen LogP contribution in [0.5, 0.6) is 0 Å². The molecule has 1 unspecified atom stereocenters. The Morgan fingerprint density at radius 2 is 1.94 bits per heavy atom. The minimum absolute atomic E-state index is 0.0434. The summed E-state index contributed by atoms with van der Waals surface area (Å²) in [4.78, 5) is 46.8. The summed E-state index contributed by atoms with van der Waals surface area (Å²) in [6.07, 6.45) is 5.38. The second-order valence-corrected chi connectivity index (χ2v) is 17.4. The van der Waals surface area contributed by atoms with E-state index in [1.165, 1.54) is 16.9 Å². The van der Waals surface area contributed by atoms with E-state index in [0.717, 1.165) is 43.3 Å². The minimum atomic E-state index is -2.89. The number of halogens is 3. The van der Waals surface area contributed by atoms with Crippen molar-refractivity contribution in [2.45, 2.75) is 94.2 Å². The standard InChI is InChI=1S/C44H48F3N11O5/c1-54-40-26(4-2-6-30(40)38(52-54)31-11-12-37(59)51-43(31)60)5-3-17-62-35-13-15-55(22-33(35)45)20-25-7-9-27(10-8-25)58-23-34(39(53-58)41(46)47)49-44(61)32-19-48-57-16-14-36(50-42(32)57)56-21-29-18-28(56)24-63-29/h2,4,6,14,16,19,23,25,27-29,31,33,35,41H,7-13,15,17-18,20-22,24H2,1H3,(H,49,61)(H,51,59,60)/t25?,27?,28-,29-,31?,33-,35+/m1/s1. The number of imide groups is 1. The molecule has 5 fully saturated rings. The Balaban J connectivity index is 0.706. The Morgan fingerprint density at radius 3 is 2.70 bits per heavy atom. The van der Waals surface area contributed by atoms with E-state index in [2.05, 4.69) is 47.6 Å². The summed E-state index contributed by atoms with van der Waals surface area (Å²) in [5, 5.41) is 19.0. The van der Waals surface area contributed by atoms with Crippen LogP contribution in [0.4, 0.5) is 24.7 Å². The van der Waals surface area contributed by atoms with Crippen LogP contribution in [0.3, 0.4) is 0 Å². The van der Waals surface area contributed by atoms with Gasteiger partial charge in [-0.25, -0.2) is 22.7 Å². The number of piperidine rings is 2. The van der Waals surface area contributed by atoms with Gasteiger partial charge in [-0.05, 0) is 63.0 Å². The van der Waals surface area contributed by atoms with Crippen LogP contribution in [0.2, 0.25) is 0 Å². The molecule has 1 saturated carbocycles. The van der Waals surface area contributed by atoms with Gasteiger partial charge in [0, 0.05) is 57.4 Å². The number of hydrogen-bond acceptors (Lipinski definition) is 11. The maximum atomic E-state index is 15.5. The van der Waals surface area contributed by atoms with Gasteiger partial charge in [-0.15, -0.1) is 0 Å². The van der Waals surface area contributed by atoms with Crippen molar-refractivity contribution in [2.24, 2.45) is 13.0 Å². The number of nitrogens with one attached hydrogen (secondary N) is 2. The van der Waals surface area contributed by atoms with E-state index < -0.39 is 36.2 Å². The molecule has 0 radical (unpaired) electrons. The summed E-state index contributed by atoms with van der Waals surface area (Å²) in [5.41, 5.74) is 2.08. The summed E-state index contributed by atoms with van der Waals surface area (Å²) < 4.78 is 60.4. The number of carbonyl (C=O) groups is 3. The fourth-order valence-corrected chi connectivity index (χ4v) is 10.1. The number of benzene rings is 1. The summed E-state index contributed by atoms with van der Waals surface area (Å²) in [5.74, 6) is 5.48. The van der Waals surface area contributed by atoms with Crippen LogP contribution in [-0.2, 0) is 26.1 Å². The molecular formula is C44H48F3N11O5. The maximum Gasteiger partial charge on any atom is 0.284 e. The molecule has 5 aliphatic rings. The molecular weight excluding hydrogens is 820 g/mol. The molecule has 0 spiro atoms. The molecule has 5 atom stereocenters. The molecule has 19 heteroatoms. The van der Waals surface area contributed by atoms with Crippen molar-refractivity contribution in [3.63, 3.8) is 0 Å². The monoisotopic (exact) mass is 867 g/mol. The predicted molar refractivity (Wildman–Crippen MR) is 223 cm³/mol. The lowest BCUT2D eigenvalue weighted by Crippen LogP contribution is -2.47. The second kappa shape index (κ2) is 17.0. The van der Waals surface area contributed by atoms with Gasteiger partial charge >= 0.3 is 0 Å². The highest BCUT2D eigenvalue weighted by Crippen LogP contribution is 2.37. The molecule has 16 nitrogen and oxygen atoms in total. The van der Waals surface area contributed by atoms with Gasteiger partial charge in [0.2, 0.25) is 11.8 Å². The first kappa shape index (κ1) is 41.2. The largest absolute Gasteiger partial charge is 0.374 e. The van der Waals surface area contributed by atoms with Crippen LogP contribution in [0.25, 0.3) is 16.6 Å². The van der Waals surface area contributed by atoms with Gasteiger partial charge < -0.3 is 19.7 Å². The van der Waals surface area contributed by atoms with Gasteiger partial charge in [0.1, 0.15) is 24.2 Å². The number of nitrogens with zero attached hydrogens (tertiary/aromatic N) is 9.